The summed E-state index contributed by atoms with van der Waals surface area (Å²) in [7, 11) is 0. The van der Waals surface area contributed by atoms with Gasteiger partial charge in [0.15, 0.2) is 0 Å². The number of carbonyl (C=O) groups excluding carboxylic acids is 2. The van der Waals surface area contributed by atoms with Gasteiger partial charge >= 0.3 is 0 Å². The Morgan fingerprint density at radius 3 is 2.85 bits per heavy atom. The van der Waals surface area contributed by atoms with Crippen molar-refractivity contribution in [3.05, 3.63) is 60.2 Å². The zero-order valence-corrected chi connectivity index (χ0v) is 14.6. The number of hydrogen-bond donors (Lipinski definition) is 1. The van der Waals surface area contributed by atoms with Crippen LogP contribution < -0.4 is 4.90 Å². The van der Waals surface area contributed by atoms with Crippen LogP contribution in [0, 0.1) is 5.82 Å². The molecule has 1 aliphatic rings. The number of carbonyl (C=O) groups is 2. The Bertz CT molecular complexity index is 955. The first-order valence-corrected chi connectivity index (χ1v) is 9.34. The lowest BCUT2D eigenvalue weighted by Crippen LogP contribution is -2.31. The number of benzene rings is 2. The number of nitrogens with zero attached hydrogens (tertiary/aromatic N) is 2. The summed E-state index contributed by atoms with van der Waals surface area (Å²) in [5, 5.41) is -0.435. The lowest BCUT2D eigenvalue weighted by atomic mass is 10.3. The number of imidazole rings is 1. The number of rotatable bonds is 5. The molecule has 1 N–H and O–H groups in total. The van der Waals surface area contributed by atoms with Crippen molar-refractivity contribution < 1.29 is 14.0 Å². The molecule has 4 rings (SSSR count). The first-order chi connectivity index (χ1) is 12.6. The normalized spacial score (nSPS) is 17.4. The van der Waals surface area contributed by atoms with Gasteiger partial charge in [0.25, 0.3) is 0 Å². The van der Waals surface area contributed by atoms with E-state index in [1.54, 1.807) is 6.07 Å². The van der Waals surface area contributed by atoms with E-state index in [1.807, 2.05) is 24.3 Å². The Balaban J connectivity index is 1.39. The molecule has 3 aromatic rings. The SMILES string of the molecule is O=C1CC(SCCc2nc3ccccc3[nH]2)C(=O)N1c1cccc(F)c1. The van der Waals surface area contributed by atoms with E-state index in [4.69, 9.17) is 0 Å². The summed E-state index contributed by atoms with van der Waals surface area (Å²) in [5.41, 5.74) is 2.19. The Labute approximate surface area is 153 Å². The molecule has 1 unspecified atom stereocenters. The predicted octanol–water partition coefficient (Wildman–Crippen LogP) is 3.31. The van der Waals surface area contributed by atoms with Gasteiger partial charge in [0.1, 0.15) is 11.6 Å². The van der Waals surface area contributed by atoms with E-state index >= 15 is 0 Å². The molecule has 26 heavy (non-hydrogen) atoms. The molecule has 1 aromatic heterocycles. The number of fused-ring (bicyclic) bond motifs is 1. The summed E-state index contributed by atoms with van der Waals surface area (Å²) in [5.74, 6) is 0.485. The second-order valence-electron chi connectivity index (χ2n) is 6.06. The molecule has 5 nitrogen and oxygen atoms in total. The summed E-state index contributed by atoms with van der Waals surface area (Å²) >= 11 is 1.44. The third-order valence-corrected chi connectivity index (χ3v) is 5.48. The Hall–Kier alpha value is -2.67. The van der Waals surface area contributed by atoms with Crippen molar-refractivity contribution in [1.82, 2.24) is 9.97 Å². The molecule has 2 heterocycles. The molecule has 132 valence electrons. The molecule has 0 bridgehead atoms. The molecule has 0 spiro atoms. The number of hydrogen-bond acceptors (Lipinski definition) is 4. The Morgan fingerprint density at radius 1 is 1.19 bits per heavy atom. The molecule has 1 fully saturated rings. The number of nitrogens with one attached hydrogen (secondary N) is 1. The van der Waals surface area contributed by atoms with E-state index in [0.29, 0.717) is 17.9 Å². The summed E-state index contributed by atoms with van der Waals surface area (Å²) in [6, 6.07) is 13.3. The van der Waals surface area contributed by atoms with Crippen LogP contribution in [0.1, 0.15) is 12.2 Å². The van der Waals surface area contributed by atoms with E-state index in [-0.39, 0.29) is 18.2 Å². The van der Waals surface area contributed by atoms with E-state index in [2.05, 4.69) is 9.97 Å². The van der Waals surface area contributed by atoms with Crippen LogP contribution in [0.2, 0.25) is 0 Å². The molecule has 2 amide bonds. The van der Waals surface area contributed by atoms with Gasteiger partial charge < -0.3 is 4.98 Å². The van der Waals surface area contributed by atoms with Gasteiger partial charge in [0.05, 0.1) is 22.0 Å². The summed E-state index contributed by atoms with van der Waals surface area (Å²) in [4.78, 5) is 33.6. The van der Waals surface area contributed by atoms with Crippen LogP contribution in [0.25, 0.3) is 11.0 Å². The standard InChI is InChI=1S/C19H16FN3O2S/c20-12-4-3-5-13(10-12)23-18(24)11-16(19(23)25)26-9-8-17-21-14-6-1-2-7-15(14)22-17/h1-7,10,16H,8-9,11H2,(H,21,22). The Kier molecular flexibility index (Phi) is 4.46. The van der Waals surface area contributed by atoms with Gasteiger partial charge in [-0.2, -0.15) is 0 Å². The number of anilines is 1. The fourth-order valence-electron chi connectivity index (χ4n) is 3.04. The van der Waals surface area contributed by atoms with E-state index in [0.717, 1.165) is 21.8 Å². The van der Waals surface area contributed by atoms with E-state index < -0.39 is 11.1 Å². The predicted molar refractivity (Wildman–Crippen MR) is 99.6 cm³/mol. The molecular weight excluding hydrogens is 353 g/mol. The number of aromatic amines is 1. The molecular formula is C19H16FN3O2S. The zero-order chi connectivity index (χ0) is 18.1. The van der Waals surface area contributed by atoms with E-state index in [9.17, 15) is 14.0 Å². The van der Waals surface area contributed by atoms with Crippen LogP contribution in [-0.4, -0.2) is 32.8 Å². The minimum absolute atomic E-state index is 0.139. The second-order valence-corrected chi connectivity index (χ2v) is 7.37. The van der Waals surface area contributed by atoms with Crippen LogP contribution in [-0.2, 0) is 16.0 Å². The number of imide groups is 1. The summed E-state index contributed by atoms with van der Waals surface area (Å²) in [6.45, 7) is 0. The van der Waals surface area contributed by atoms with Crippen molar-refractivity contribution in [1.29, 1.82) is 0 Å². The number of halogens is 1. The van der Waals surface area contributed by atoms with Crippen molar-refractivity contribution >= 4 is 40.3 Å². The van der Waals surface area contributed by atoms with Crippen LogP contribution >= 0.6 is 11.8 Å². The zero-order valence-electron chi connectivity index (χ0n) is 13.8. The molecule has 0 radical (unpaired) electrons. The molecule has 1 atom stereocenters. The third kappa shape index (κ3) is 3.22. The fraction of sp³-hybridized carbons (Fsp3) is 0.211. The smallest absolute Gasteiger partial charge is 0.247 e. The average molecular weight is 369 g/mol. The first kappa shape index (κ1) is 16.8. The topological polar surface area (TPSA) is 66.1 Å². The van der Waals surface area contributed by atoms with Gasteiger partial charge in [0.2, 0.25) is 11.8 Å². The van der Waals surface area contributed by atoms with Gasteiger partial charge in [-0.05, 0) is 30.3 Å². The number of H-pyrrole nitrogens is 1. The maximum Gasteiger partial charge on any atom is 0.247 e. The number of aromatic nitrogens is 2. The van der Waals surface area contributed by atoms with Gasteiger partial charge in [-0.15, -0.1) is 11.8 Å². The van der Waals surface area contributed by atoms with Gasteiger partial charge in [0, 0.05) is 18.6 Å². The monoisotopic (exact) mass is 369 g/mol. The van der Waals surface area contributed by atoms with Gasteiger partial charge in [-0.1, -0.05) is 18.2 Å². The maximum atomic E-state index is 13.4. The van der Waals surface area contributed by atoms with Gasteiger partial charge in [-0.25, -0.2) is 14.3 Å². The second kappa shape index (κ2) is 6.92. The molecule has 1 saturated heterocycles. The third-order valence-electron chi connectivity index (χ3n) is 4.27. The lowest BCUT2D eigenvalue weighted by Gasteiger charge is -2.14. The summed E-state index contributed by atoms with van der Waals surface area (Å²) < 4.78 is 13.4. The average Bonchev–Trinajstić information content (AvgIpc) is 3.15. The molecule has 7 heteroatoms. The molecule has 0 aliphatic carbocycles. The number of aryl methyl sites for hydroxylation is 1. The highest BCUT2D eigenvalue weighted by Crippen LogP contribution is 2.30. The van der Waals surface area contributed by atoms with Crippen molar-refractivity contribution in [2.24, 2.45) is 0 Å². The maximum absolute atomic E-state index is 13.4. The fourth-order valence-corrected chi connectivity index (χ4v) is 4.15. The molecule has 1 aliphatic heterocycles. The van der Waals surface area contributed by atoms with Crippen LogP contribution in [0.15, 0.2) is 48.5 Å². The lowest BCUT2D eigenvalue weighted by molar-refractivity contribution is -0.121. The van der Waals surface area contributed by atoms with Crippen molar-refractivity contribution in [2.45, 2.75) is 18.1 Å². The highest BCUT2D eigenvalue weighted by molar-refractivity contribution is 8.00. The summed E-state index contributed by atoms with van der Waals surface area (Å²) in [6.07, 6.45) is 0.817. The minimum atomic E-state index is -0.468. The first-order valence-electron chi connectivity index (χ1n) is 8.29. The number of para-hydroxylation sites is 2. The highest BCUT2D eigenvalue weighted by Gasteiger charge is 2.39. The Morgan fingerprint density at radius 2 is 2.04 bits per heavy atom. The van der Waals surface area contributed by atoms with Crippen molar-refractivity contribution in [2.75, 3.05) is 10.7 Å². The quantitative estimate of drug-likeness (QED) is 0.701. The highest BCUT2D eigenvalue weighted by atomic mass is 32.2. The van der Waals surface area contributed by atoms with Crippen LogP contribution in [0.4, 0.5) is 10.1 Å². The molecule has 2 aromatic carbocycles. The van der Waals surface area contributed by atoms with Crippen molar-refractivity contribution in [3.63, 3.8) is 0 Å². The van der Waals surface area contributed by atoms with Gasteiger partial charge in [-0.3, -0.25) is 9.59 Å². The number of amides is 2. The van der Waals surface area contributed by atoms with Crippen LogP contribution in [0.5, 0.6) is 0 Å². The number of thioether (sulfide) groups is 1. The molecule has 0 saturated carbocycles. The minimum Gasteiger partial charge on any atom is -0.342 e. The largest absolute Gasteiger partial charge is 0.342 e. The van der Waals surface area contributed by atoms with E-state index in [1.165, 1.54) is 30.0 Å². The van der Waals surface area contributed by atoms with Crippen LogP contribution in [0.3, 0.4) is 0 Å². The van der Waals surface area contributed by atoms with Crippen molar-refractivity contribution in [3.8, 4) is 0 Å².